The molecule has 0 aromatic rings. The summed E-state index contributed by atoms with van der Waals surface area (Å²) in [5, 5.41) is 3.51. The standard InChI is InChI=1S/C37H72N2O2/c1-3-5-7-9-11-13-15-17-19-21-23-25-27-31-36(40)41-34-28-30-35(37-38-32-33-39-37)29-26-24-22-20-18-16-14-12-10-8-6-4-2/h35H,3-34H2,1-2H3,(H,38,39). The van der Waals surface area contributed by atoms with Gasteiger partial charge in [0.25, 0.3) is 0 Å². The largest absolute Gasteiger partial charge is 0.466 e. The minimum absolute atomic E-state index is 0.00177. The minimum atomic E-state index is 0.00177. The third-order valence-corrected chi connectivity index (χ3v) is 8.94. The first-order valence-electron chi connectivity index (χ1n) is 18.7. The van der Waals surface area contributed by atoms with Crippen molar-refractivity contribution in [2.75, 3.05) is 19.7 Å². The lowest BCUT2D eigenvalue weighted by Gasteiger charge is -2.17. The van der Waals surface area contributed by atoms with E-state index in [-0.39, 0.29) is 5.97 Å². The molecule has 1 atom stereocenters. The molecule has 0 saturated carbocycles. The summed E-state index contributed by atoms with van der Waals surface area (Å²) in [5.74, 6) is 1.73. The highest BCUT2D eigenvalue weighted by molar-refractivity contribution is 5.85. The Hall–Kier alpha value is -1.06. The molecule has 1 rings (SSSR count). The number of amidine groups is 1. The number of carbonyl (C=O) groups is 1. The predicted molar refractivity (Wildman–Crippen MR) is 180 cm³/mol. The molecule has 1 unspecified atom stereocenters. The Morgan fingerprint density at radius 1 is 0.610 bits per heavy atom. The number of carbonyl (C=O) groups excluding carboxylic acids is 1. The van der Waals surface area contributed by atoms with E-state index in [1.165, 1.54) is 166 Å². The minimum Gasteiger partial charge on any atom is -0.466 e. The van der Waals surface area contributed by atoms with E-state index in [2.05, 4.69) is 19.2 Å². The number of nitrogens with one attached hydrogen (secondary N) is 1. The van der Waals surface area contributed by atoms with Crippen molar-refractivity contribution in [2.24, 2.45) is 10.9 Å². The van der Waals surface area contributed by atoms with E-state index in [9.17, 15) is 4.79 Å². The summed E-state index contributed by atoms with van der Waals surface area (Å²) in [6, 6.07) is 0. The van der Waals surface area contributed by atoms with Crippen molar-refractivity contribution in [3.8, 4) is 0 Å². The maximum Gasteiger partial charge on any atom is 0.305 e. The van der Waals surface area contributed by atoms with Gasteiger partial charge in [0.05, 0.1) is 19.0 Å². The fourth-order valence-electron chi connectivity index (χ4n) is 6.21. The molecule has 242 valence electrons. The highest BCUT2D eigenvalue weighted by Crippen LogP contribution is 2.20. The van der Waals surface area contributed by atoms with Crippen LogP contribution in [0.3, 0.4) is 0 Å². The lowest BCUT2D eigenvalue weighted by Crippen LogP contribution is -2.27. The van der Waals surface area contributed by atoms with Crippen molar-refractivity contribution in [3.63, 3.8) is 0 Å². The highest BCUT2D eigenvalue weighted by atomic mass is 16.5. The molecule has 0 amide bonds. The Morgan fingerprint density at radius 2 is 1.02 bits per heavy atom. The molecule has 1 aliphatic heterocycles. The summed E-state index contributed by atoms with van der Waals surface area (Å²) in [4.78, 5) is 16.9. The second-order valence-electron chi connectivity index (χ2n) is 12.9. The smallest absolute Gasteiger partial charge is 0.305 e. The molecule has 41 heavy (non-hydrogen) atoms. The number of hydrogen-bond donors (Lipinski definition) is 1. The van der Waals surface area contributed by atoms with E-state index in [4.69, 9.17) is 9.73 Å². The van der Waals surface area contributed by atoms with Crippen LogP contribution in [0.5, 0.6) is 0 Å². The number of aliphatic imine (C=N–C) groups is 1. The lowest BCUT2D eigenvalue weighted by molar-refractivity contribution is -0.143. The zero-order valence-electron chi connectivity index (χ0n) is 28.0. The van der Waals surface area contributed by atoms with E-state index in [0.29, 0.717) is 18.9 Å². The molecule has 0 spiro atoms. The van der Waals surface area contributed by atoms with Crippen molar-refractivity contribution in [3.05, 3.63) is 0 Å². The van der Waals surface area contributed by atoms with Gasteiger partial charge in [0.15, 0.2) is 0 Å². The molecule has 0 bridgehead atoms. The van der Waals surface area contributed by atoms with Crippen LogP contribution in [0.1, 0.15) is 200 Å². The van der Waals surface area contributed by atoms with E-state index in [1.54, 1.807) is 0 Å². The maximum atomic E-state index is 12.2. The molecule has 0 fully saturated rings. The molecule has 0 aliphatic carbocycles. The van der Waals surface area contributed by atoms with Crippen LogP contribution in [0.25, 0.3) is 0 Å². The van der Waals surface area contributed by atoms with Crippen LogP contribution in [0, 0.1) is 5.92 Å². The summed E-state index contributed by atoms with van der Waals surface area (Å²) in [6.07, 6.45) is 37.9. The van der Waals surface area contributed by atoms with Gasteiger partial charge >= 0.3 is 5.97 Å². The van der Waals surface area contributed by atoms with Crippen molar-refractivity contribution in [2.45, 2.75) is 200 Å². The summed E-state index contributed by atoms with van der Waals surface area (Å²) in [5.41, 5.74) is 0. The monoisotopic (exact) mass is 577 g/mol. The van der Waals surface area contributed by atoms with Crippen molar-refractivity contribution in [1.82, 2.24) is 5.32 Å². The number of rotatable bonds is 32. The Morgan fingerprint density at radius 3 is 1.46 bits per heavy atom. The number of unbranched alkanes of at least 4 members (excludes halogenated alkanes) is 23. The van der Waals surface area contributed by atoms with Crippen molar-refractivity contribution >= 4 is 11.8 Å². The summed E-state index contributed by atoms with van der Waals surface area (Å²) in [6.45, 7) is 7.04. The Kier molecular flexibility index (Phi) is 28.1. The van der Waals surface area contributed by atoms with Gasteiger partial charge in [0.2, 0.25) is 0 Å². The molecule has 4 nitrogen and oxygen atoms in total. The van der Waals surface area contributed by atoms with Crippen LogP contribution in [0.15, 0.2) is 4.99 Å². The normalized spacial score (nSPS) is 13.8. The SMILES string of the molecule is CCCCCCCCCCCCCCCC(=O)OCCCC(CCCCCCCCCCCCCC)C1=NCCN1. The van der Waals surface area contributed by atoms with Crippen molar-refractivity contribution < 1.29 is 9.53 Å². The fourth-order valence-corrected chi connectivity index (χ4v) is 6.21. The number of hydrogen-bond acceptors (Lipinski definition) is 4. The molecule has 1 N–H and O–H groups in total. The second kappa shape index (κ2) is 30.4. The van der Waals surface area contributed by atoms with Crippen LogP contribution in [-0.2, 0) is 9.53 Å². The van der Waals surface area contributed by atoms with Gasteiger partial charge in [0.1, 0.15) is 0 Å². The van der Waals surface area contributed by atoms with Gasteiger partial charge in [-0.05, 0) is 25.7 Å². The molecule has 0 radical (unpaired) electrons. The van der Waals surface area contributed by atoms with Crippen LogP contribution < -0.4 is 5.32 Å². The molecule has 4 heteroatoms. The first-order valence-corrected chi connectivity index (χ1v) is 18.7. The Labute approximate surface area is 257 Å². The fraction of sp³-hybridized carbons (Fsp3) is 0.946. The molecule has 0 saturated heterocycles. The number of esters is 1. The zero-order valence-corrected chi connectivity index (χ0v) is 28.0. The van der Waals surface area contributed by atoms with Gasteiger partial charge < -0.3 is 10.1 Å². The molecular weight excluding hydrogens is 504 g/mol. The third-order valence-electron chi connectivity index (χ3n) is 8.94. The lowest BCUT2D eigenvalue weighted by atomic mass is 9.94. The Balaban J connectivity index is 1.96. The zero-order chi connectivity index (χ0) is 29.5. The van der Waals surface area contributed by atoms with Gasteiger partial charge in [-0.3, -0.25) is 9.79 Å². The summed E-state index contributed by atoms with van der Waals surface area (Å²) in [7, 11) is 0. The first kappa shape index (κ1) is 38.0. The Bertz CT molecular complexity index is 591. The van der Waals surface area contributed by atoms with Crippen LogP contribution in [-0.4, -0.2) is 31.5 Å². The van der Waals surface area contributed by atoms with E-state index < -0.39 is 0 Å². The topological polar surface area (TPSA) is 50.7 Å². The molecule has 1 aliphatic rings. The highest BCUT2D eigenvalue weighted by Gasteiger charge is 2.18. The van der Waals surface area contributed by atoms with Crippen LogP contribution in [0.4, 0.5) is 0 Å². The molecule has 0 aromatic carbocycles. The van der Waals surface area contributed by atoms with E-state index >= 15 is 0 Å². The van der Waals surface area contributed by atoms with Gasteiger partial charge in [-0.25, -0.2) is 0 Å². The first-order chi connectivity index (χ1) is 20.3. The van der Waals surface area contributed by atoms with Gasteiger partial charge in [0, 0.05) is 18.9 Å². The van der Waals surface area contributed by atoms with Crippen LogP contribution in [0.2, 0.25) is 0 Å². The second-order valence-corrected chi connectivity index (χ2v) is 12.9. The maximum absolute atomic E-state index is 12.2. The predicted octanol–water partition coefficient (Wildman–Crippen LogP) is 11.5. The van der Waals surface area contributed by atoms with Gasteiger partial charge in [-0.1, -0.05) is 168 Å². The molecular formula is C37H72N2O2. The summed E-state index contributed by atoms with van der Waals surface area (Å²) >= 11 is 0. The van der Waals surface area contributed by atoms with Gasteiger partial charge in [-0.15, -0.1) is 0 Å². The van der Waals surface area contributed by atoms with Crippen LogP contribution >= 0.6 is 0 Å². The average Bonchev–Trinajstić information content (AvgIpc) is 3.52. The summed E-state index contributed by atoms with van der Waals surface area (Å²) < 4.78 is 5.58. The van der Waals surface area contributed by atoms with E-state index in [1.807, 2.05) is 0 Å². The average molecular weight is 577 g/mol. The molecule has 0 aromatic heterocycles. The number of nitrogens with zero attached hydrogens (tertiary/aromatic N) is 1. The molecule has 1 heterocycles. The number of ether oxygens (including phenoxy) is 1. The third kappa shape index (κ3) is 25.2. The van der Waals surface area contributed by atoms with Gasteiger partial charge in [-0.2, -0.15) is 0 Å². The van der Waals surface area contributed by atoms with Crippen molar-refractivity contribution in [1.29, 1.82) is 0 Å². The van der Waals surface area contributed by atoms with E-state index in [0.717, 1.165) is 32.4 Å². The quantitative estimate of drug-likeness (QED) is 0.0640.